The third-order valence-corrected chi connectivity index (χ3v) is 4.74. The second-order valence-corrected chi connectivity index (χ2v) is 6.60. The molecule has 146 valence electrons. The SMILES string of the molecule is Nc1ncncc1-c1noc([C@@H]2CCCN2Cc2ccc(C(F)(F)F)cc2)n1. The van der Waals surface area contributed by atoms with Gasteiger partial charge in [0.15, 0.2) is 0 Å². The van der Waals surface area contributed by atoms with Crippen LogP contribution < -0.4 is 5.73 Å². The van der Waals surface area contributed by atoms with E-state index in [1.165, 1.54) is 24.7 Å². The van der Waals surface area contributed by atoms with Crippen LogP contribution in [0.5, 0.6) is 0 Å². The molecule has 4 rings (SSSR count). The second-order valence-electron chi connectivity index (χ2n) is 6.60. The van der Waals surface area contributed by atoms with Gasteiger partial charge in [-0.2, -0.15) is 18.2 Å². The highest BCUT2D eigenvalue weighted by Crippen LogP contribution is 2.34. The zero-order valence-electron chi connectivity index (χ0n) is 14.7. The number of anilines is 1. The minimum absolute atomic E-state index is 0.102. The number of aromatic nitrogens is 4. The lowest BCUT2D eigenvalue weighted by atomic mass is 10.1. The van der Waals surface area contributed by atoms with E-state index in [1.807, 2.05) is 0 Å². The van der Waals surface area contributed by atoms with Crippen molar-refractivity contribution in [2.75, 3.05) is 12.3 Å². The minimum Gasteiger partial charge on any atom is -0.383 e. The van der Waals surface area contributed by atoms with E-state index in [1.54, 1.807) is 0 Å². The highest BCUT2D eigenvalue weighted by molar-refractivity contribution is 5.66. The quantitative estimate of drug-likeness (QED) is 0.729. The van der Waals surface area contributed by atoms with Crippen LogP contribution in [0.2, 0.25) is 0 Å². The van der Waals surface area contributed by atoms with E-state index < -0.39 is 11.7 Å². The van der Waals surface area contributed by atoms with Crippen molar-refractivity contribution in [2.24, 2.45) is 0 Å². The molecule has 0 amide bonds. The summed E-state index contributed by atoms with van der Waals surface area (Å²) in [7, 11) is 0. The lowest BCUT2D eigenvalue weighted by molar-refractivity contribution is -0.137. The van der Waals surface area contributed by atoms with Gasteiger partial charge >= 0.3 is 6.18 Å². The molecule has 28 heavy (non-hydrogen) atoms. The minimum atomic E-state index is -4.34. The first kappa shape index (κ1) is 18.4. The predicted octanol–water partition coefficient (Wildman–Crippen LogP) is 3.46. The highest BCUT2D eigenvalue weighted by Gasteiger charge is 2.32. The average Bonchev–Trinajstić information content (AvgIpc) is 3.31. The van der Waals surface area contributed by atoms with Crippen molar-refractivity contribution in [1.29, 1.82) is 0 Å². The summed E-state index contributed by atoms with van der Waals surface area (Å²) in [5.41, 5.74) is 6.45. The Morgan fingerprint density at radius 1 is 1.21 bits per heavy atom. The monoisotopic (exact) mass is 390 g/mol. The van der Waals surface area contributed by atoms with Gasteiger partial charge in [0.1, 0.15) is 12.1 Å². The molecule has 0 saturated carbocycles. The molecule has 1 saturated heterocycles. The van der Waals surface area contributed by atoms with Crippen molar-refractivity contribution in [3.8, 4) is 11.4 Å². The number of halogens is 3. The van der Waals surface area contributed by atoms with Gasteiger partial charge in [0.05, 0.1) is 17.2 Å². The van der Waals surface area contributed by atoms with Crippen LogP contribution >= 0.6 is 0 Å². The van der Waals surface area contributed by atoms with E-state index >= 15 is 0 Å². The van der Waals surface area contributed by atoms with Crippen LogP contribution in [0.4, 0.5) is 19.0 Å². The summed E-state index contributed by atoms with van der Waals surface area (Å²) in [6.45, 7) is 1.29. The Hall–Kier alpha value is -3.01. The summed E-state index contributed by atoms with van der Waals surface area (Å²) >= 11 is 0. The van der Waals surface area contributed by atoms with Crippen molar-refractivity contribution in [1.82, 2.24) is 25.0 Å². The number of nitrogens with zero attached hydrogens (tertiary/aromatic N) is 5. The Morgan fingerprint density at radius 3 is 2.71 bits per heavy atom. The fraction of sp³-hybridized carbons (Fsp3) is 0.333. The van der Waals surface area contributed by atoms with E-state index in [-0.39, 0.29) is 11.9 Å². The third-order valence-electron chi connectivity index (χ3n) is 4.74. The number of hydrogen-bond donors (Lipinski definition) is 1. The molecule has 2 N–H and O–H groups in total. The molecule has 2 aromatic heterocycles. The summed E-state index contributed by atoms with van der Waals surface area (Å²) in [6.07, 6.45) is 0.273. The topological polar surface area (TPSA) is 94.0 Å². The maximum absolute atomic E-state index is 12.7. The molecular formula is C18H17F3N6O. The van der Waals surface area contributed by atoms with Gasteiger partial charge < -0.3 is 10.3 Å². The van der Waals surface area contributed by atoms with Gasteiger partial charge in [0, 0.05) is 12.7 Å². The molecule has 7 nitrogen and oxygen atoms in total. The number of benzene rings is 1. The van der Waals surface area contributed by atoms with Gasteiger partial charge in [-0.05, 0) is 37.1 Å². The summed E-state index contributed by atoms with van der Waals surface area (Å²) in [5.74, 6) is 1.02. The van der Waals surface area contributed by atoms with Crippen LogP contribution in [0.3, 0.4) is 0 Å². The van der Waals surface area contributed by atoms with Gasteiger partial charge in [-0.1, -0.05) is 17.3 Å². The zero-order valence-corrected chi connectivity index (χ0v) is 14.7. The number of nitrogens with two attached hydrogens (primary N) is 1. The molecular weight excluding hydrogens is 373 g/mol. The molecule has 0 spiro atoms. The number of likely N-dealkylation sites (tertiary alicyclic amines) is 1. The predicted molar refractivity (Wildman–Crippen MR) is 93.6 cm³/mol. The van der Waals surface area contributed by atoms with Crippen LogP contribution in [-0.2, 0) is 12.7 Å². The number of rotatable bonds is 4. The Balaban J connectivity index is 1.51. The molecule has 1 aromatic carbocycles. The van der Waals surface area contributed by atoms with Crippen molar-refractivity contribution < 1.29 is 17.7 Å². The maximum atomic E-state index is 12.7. The molecule has 3 heterocycles. The largest absolute Gasteiger partial charge is 0.416 e. The standard InChI is InChI=1S/C18H17F3N6O/c19-18(20,21)12-5-3-11(4-6-12)9-27-7-1-2-14(27)17-25-16(26-28-17)13-8-23-10-24-15(13)22/h3-6,8,10,14H,1-2,7,9H2,(H2,22,23,24)/t14-/m0/s1. The fourth-order valence-electron chi connectivity index (χ4n) is 3.32. The van der Waals surface area contributed by atoms with Crippen molar-refractivity contribution in [2.45, 2.75) is 31.6 Å². The first-order chi connectivity index (χ1) is 13.4. The molecule has 1 fully saturated rings. The van der Waals surface area contributed by atoms with Gasteiger partial charge in [-0.3, -0.25) is 4.90 Å². The lowest BCUT2D eigenvalue weighted by Gasteiger charge is -2.21. The van der Waals surface area contributed by atoms with Gasteiger partial charge in [0.25, 0.3) is 0 Å². The van der Waals surface area contributed by atoms with Gasteiger partial charge in [-0.25, -0.2) is 9.97 Å². The van der Waals surface area contributed by atoms with E-state index in [0.29, 0.717) is 23.8 Å². The molecule has 3 aromatic rings. The molecule has 0 radical (unpaired) electrons. The normalized spacial score (nSPS) is 17.9. The molecule has 1 atom stereocenters. The summed E-state index contributed by atoms with van der Waals surface area (Å²) in [5, 5.41) is 3.97. The molecule has 1 aliphatic heterocycles. The first-order valence-corrected chi connectivity index (χ1v) is 8.71. The van der Waals surface area contributed by atoms with Crippen LogP contribution in [0.15, 0.2) is 41.3 Å². The number of alkyl halides is 3. The van der Waals surface area contributed by atoms with E-state index in [0.717, 1.165) is 37.1 Å². The van der Waals surface area contributed by atoms with E-state index in [9.17, 15) is 13.2 Å². The van der Waals surface area contributed by atoms with Crippen LogP contribution in [-0.4, -0.2) is 31.6 Å². The van der Waals surface area contributed by atoms with Crippen molar-refractivity contribution in [3.05, 3.63) is 53.8 Å². The molecule has 0 bridgehead atoms. The fourth-order valence-corrected chi connectivity index (χ4v) is 3.32. The average molecular weight is 390 g/mol. The summed E-state index contributed by atoms with van der Waals surface area (Å²) in [4.78, 5) is 14.4. The lowest BCUT2D eigenvalue weighted by Crippen LogP contribution is -2.23. The molecule has 10 heteroatoms. The van der Waals surface area contributed by atoms with E-state index in [4.69, 9.17) is 10.3 Å². The number of nitrogen functional groups attached to an aromatic ring is 1. The molecule has 1 aliphatic rings. The van der Waals surface area contributed by atoms with Crippen LogP contribution in [0, 0.1) is 0 Å². The van der Waals surface area contributed by atoms with Gasteiger partial charge in [-0.15, -0.1) is 0 Å². The smallest absolute Gasteiger partial charge is 0.383 e. The van der Waals surface area contributed by atoms with Crippen molar-refractivity contribution >= 4 is 5.82 Å². The summed E-state index contributed by atoms with van der Waals surface area (Å²) < 4.78 is 43.6. The van der Waals surface area contributed by atoms with Crippen LogP contribution in [0.1, 0.15) is 35.9 Å². The summed E-state index contributed by atoms with van der Waals surface area (Å²) in [6, 6.07) is 5.10. The van der Waals surface area contributed by atoms with E-state index in [2.05, 4.69) is 25.0 Å². The maximum Gasteiger partial charge on any atom is 0.416 e. The zero-order chi connectivity index (χ0) is 19.7. The van der Waals surface area contributed by atoms with Gasteiger partial charge in [0.2, 0.25) is 11.7 Å². The first-order valence-electron chi connectivity index (χ1n) is 8.71. The molecule has 0 unspecified atom stereocenters. The Kier molecular flexibility index (Phi) is 4.71. The van der Waals surface area contributed by atoms with Crippen LogP contribution in [0.25, 0.3) is 11.4 Å². The number of hydrogen-bond acceptors (Lipinski definition) is 7. The third kappa shape index (κ3) is 3.68. The highest BCUT2D eigenvalue weighted by atomic mass is 19.4. The Bertz CT molecular complexity index is 956. The molecule has 0 aliphatic carbocycles. The van der Waals surface area contributed by atoms with Crippen molar-refractivity contribution in [3.63, 3.8) is 0 Å². The Morgan fingerprint density at radius 2 is 2.00 bits per heavy atom. The Labute approximate surface area is 158 Å². The second kappa shape index (κ2) is 7.19.